The second-order valence-electron chi connectivity index (χ2n) is 6.08. The standard InChI is InChI=1S/C20H22BrNO2/c1-13-4-5-14(2)18(12-13)19(23)10-11-20(24)22-15(3)16-6-8-17(21)9-7-16/h4-9,12,15H,10-11H2,1-3H3,(H,22,24). The highest BCUT2D eigenvalue weighted by atomic mass is 79.9. The molecule has 0 saturated heterocycles. The van der Waals surface area contributed by atoms with Crippen LogP contribution in [-0.4, -0.2) is 11.7 Å². The number of hydrogen-bond donors (Lipinski definition) is 1. The summed E-state index contributed by atoms with van der Waals surface area (Å²) in [6.45, 7) is 5.82. The molecule has 1 atom stereocenters. The molecule has 0 heterocycles. The molecule has 0 saturated carbocycles. The highest BCUT2D eigenvalue weighted by Gasteiger charge is 2.14. The fraction of sp³-hybridized carbons (Fsp3) is 0.300. The Hall–Kier alpha value is -1.94. The Bertz CT molecular complexity index is 738. The van der Waals surface area contributed by atoms with Crippen molar-refractivity contribution in [1.82, 2.24) is 5.32 Å². The van der Waals surface area contributed by atoms with E-state index in [1.165, 1.54) is 0 Å². The average molecular weight is 388 g/mol. The lowest BCUT2D eigenvalue weighted by Gasteiger charge is -2.14. The van der Waals surface area contributed by atoms with Gasteiger partial charge in [0.25, 0.3) is 0 Å². The molecule has 1 amide bonds. The quantitative estimate of drug-likeness (QED) is 0.715. The summed E-state index contributed by atoms with van der Waals surface area (Å²) in [5.74, 6) is -0.0910. The van der Waals surface area contributed by atoms with E-state index in [0.717, 1.165) is 21.2 Å². The van der Waals surface area contributed by atoms with Crippen LogP contribution in [0.5, 0.6) is 0 Å². The Kier molecular flexibility index (Phi) is 6.32. The molecule has 0 aliphatic carbocycles. The molecule has 0 radical (unpaired) electrons. The summed E-state index contributed by atoms with van der Waals surface area (Å²) in [7, 11) is 0. The molecule has 0 fully saturated rings. The molecule has 2 aromatic rings. The maximum Gasteiger partial charge on any atom is 0.220 e. The molecule has 126 valence electrons. The smallest absolute Gasteiger partial charge is 0.220 e. The third-order valence-corrected chi connectivity index (χ3v) is 4.55. The molecule has 1 N–H and O–H groups in total. The van der Waals surface area contributed by atoms with Crippen molar-refractivity contribution >= 4 is 27.6 Å². The Morgan fingerprint density at radius 1 is 1.04 bits per heavy atom. The third-order valence-electron chi connectivity index (χ3n) is 4.02. The normalized spacial score (nSPS) is 11.8. The fourth-order valence-electron chi connectivity index (χ4n) is 2.55. The first-order chi connectivity index (χ1) is 11.4. The summed E-state index contributed by atoms with van der Waals surface area (Å²) in [6, 6.07) is 13.6. The van der Waals surface area contributed by atoms with E-state index in [-0.39, 0.29) is 30.6 Å². The Morgan fingerprint density at radius 2 is 1.71 bits per heavy atom. The van der Waals surface area contributed by atoms with Gasteiger partial charge in [-0.3, -0.25) is 9.59 Å². The fourth-order valence-corrected chi connectivity index (χ4v) is 2.81. The summed E-state index contributed by atoms with van der Waals surface area (Å²) < 4.78 is 1.00. The van der Waals surface area contributed by atoms with Crippen LogP contribution in [-0.2, 0) is 4.79 Å². The van der Waals surface area contributed by atoms with Crippen LogP contribution >= 0.6 is 15.9 Å². The number of carbonyl (C=O) groups excluding carboxylic acids is 2. The molecule has 1 unspecified atom stereocenters. The minimum Gasteiger partial charge on any atom is -0.350 e. The molecule has 4 heteroatoms. The zero-order chi connectivity index (χ0) is 17.7. The number of nitrogens with one attached hydrogen (secondary N) is 1. The minimum atomic E-state index is -0.107. The minimum absolute atomic E-state index is 0.0163. The Balaban J connectivity index is 1.89. The van der Waals surface area contributed by atoms with E-state index in [0.29, 0.717) is 5.56 Å². The number of hydrogen-bond acceptors (Lipinski definition) is 2. The van der Waals surface area contributed by atoms with Crippen LogP contribution in [0.15, 0.2) is 46.9 Å². The lowest BCUT2D eigenvalue weighted by molar-refractivity contribution is -0.121. The predicted molar refractivity (Wildman–Crippen MR) is 100 cm³/mol. The summed E-state index contributed by atoms with van der Waals surface area (Å²) >= 11 is 3.39. The van der Waals surface area contributed by atoms with Gasteiger partial charge in [-0.25, -0.2) is 0 Å². The van der Waals surface area contributed by atoms with Crippen LogP contribution in [0.3, 0.4) is 0 Å². The third kappa shape index (κ3) is 5.03. The molecular formula is C20H22BrNO2. The van der Waals surface area contributed by atoms with E-state index in [2.05, 4.69) is 21.2 Å². The maximum absolute atomic E-state index is 12.3. The van der Waals surface area contributed by atoms with Crippen LogP contribution in [0.4, 0.5) is 0 Å². The highest BCUT2D eigenvalue weighted by Crippen LogP contribution is 2.17. The number of benzene rings is 2. The number of carbonyl (C=O) groups is 2. The van der Waals surface area contributed by atoms with Gasteiger partial charge in [-0.2, -0.15) is 0 Å². The SMILES string of the molecule is Cc1ccc(C)c(C(=O)CCC(=O)NC(C)c2ccc(Br)cc2)c1. The molecule has 24 heavy (non-hydrogen) atoms. The number of aryl methyl sites for hydroxylation is 2. The first-order valence-corrected chi connectivity index (χ1v) is 8.81. The van der Waals surface area contributed by atoms with E-state index in [1.54, 1.807) is 0 Å². The average Bonchev–Trinajstić information content (AvgIpc) is 2.55. The molecule has 0 aliphatic heterocycles. The zero-order valence-electron chi connectivity index (χ0n) is 14.2. The van der Waals surface area contributed by atoms with Crippen molar-refractivity contribution in [2.75, 3.05) is 0 Å². The monoisotopic (exact) mass is 387 g/mol. The van der Waals surface area contributed by atoms with Crippen molar-refractivity contribution in [1.29, 1.82) is 0 Å². The Labute approximate surface area is 151 Å². The highest BCUT2D eigenvalue weighted by molar-refractivity contribution is 9.10. The number of amides is 1. The van der Waals surface area contributed by atoms with Crippen LogP contribution < -0.4 is 5.32 Å². The van der Waals surface area contributed by atoms with Crippen molar-refractivity contribution in [3.63, 3.8) is 0 Å². The van der Waals surface area contributed by atoms with Gasteiger partial charge in [0.2, 0.25) is 5.91 Å². The Morgan fingerprint density at radius 3 is 2.38 bits per heavy atom. The molecule has 0 spiro atoms. The number of ketones is 1. The lowest BCUT2D eigenvalue weighted by atomic mass is 9.99. The van der Waals surface area contributed by atoms with Crippen molar-refractivity contribution in [3.05, 3.63) is 69.2 Å². The van der Waals surface area contributed by atoms with Crippen LogP contribution in [0.1, 0.15) is 52.9 Å². The van der Waals surface area contributed by atoms with Gasteiger partial charge in [0.15, 0.2) is 5.78 Å². The van der Waals surface area contributed by atoms with Gasteiger partial charge in [-0.05, 0) is 50.1 Å². The summed E-state index contributed by atoms with van der Waals surface area (Å²) in [5.41, 5.74) is 3.75. The van der Waals surface area contributed by atoms with Gasteiger partial charge in [0.1, 0.15) is 0 Å². The van der Waals surface area contributed by atoms with Crippen LogP contribution in [0.25, 0.3) is 0 Å². The van der Waals surface area contributed by atoms with Gasteiger partial charge >= 0.3 is 0 Å². The molecule has 3 nitrogen and oxygen atoms in total. The molecule has 0 aliphatic rings. The maximum atomic E-state index is 12.3. The van der Waals surface area contributed by atoms with Crippen LogP contribution in [0.2, 0.25) is 0 Å². The van der Waals surface area contributed by atoms with Crippen molar-refractivity contribution in [2.24, 2.45) is 0 Å². The van der Waals surface area contributed by atoms with E-state index >= 15 is 0 Å². The van der Waals surface area contributed by atoms with Gasteiger partial charge < -0.3 is 5.32 Å². The van der Waals surface area contributed by atoms with Crippen molar-refractivity contribution in [2.45, 2.75) is 39.7 Å². The van der Waals surface area contributed by atoms with E-state index < -0.39 is 0 Å². The molecule has 2 rings (SSSR count). The van der Waals surface area contributed by atoms with Gasteiger partial charge in [-0.1, -0.05) is 45.8 Å². The summed E-state index contributed by atoms with van der Waals surface area (Å²) in [5, 5.41) is 2.94. The first-order valence-electron chi connectivity index (χ1n) is 8.02. The van der Waals surface area contributed by atoms with Gasteiger partial charge in [0, 0.05) is 22.9 Å². The number of rotatable bonds is 6. The van der Waals surface area contributed by atoms with Gasteiger partial charge in [-0.15, -0.1) is 0 Å². The largest absolute Gasteiger partial charge is 0.350 e. The molecular weight excluding hydrogens is 366 g/mol. The number of halogens is 1. The molecule has 0 bridgehead atoms. The molecule has 2 aromatic carbocycles. The van der Waals surface area contributed by atoms with Crippen molar-refractivity contribution < 1.29 is 9.59 Å². The predicted octanol–water partition coefficient (Wildman–Crippen LogP) is 4.91. The van der Waals surface area contributed by atoms with E-state index in [4.69, 9.17) is 0 Å². The van der Waals surface area contributed by atoms with Gasteiger partial charge in [0.05, 0.1) is 6.04 Å². The topological polar surface area (TPSA) is 46.2 Å². The second kappa shape index (κ2) is 8.25. The summed E-state index contributed by atoms with van der Waals surface area (Å²) in [6.07, 6.45) is 0.427. The second-order valence-corrected chi connectivity index (χ2v) is 7.00. The van der Waals surface area contributed by atoms with Crippen LogP contribution in [0, 0.1) is 13.8 Å². The zero-order valence-corrected chi connectivity index (χ0v) is 15.8. The van der Waals surface area contributed by atoms with Crippen molar-refractivity contribution in [3.8, 4) is 0 Å². The first kappa shape index (κ1) is 18.4. The molecule has 0 aromatic heterocycles. The summed E-state index contributed by atoms with van der Waals surface area (Å²) in [4.78, 5) is 24.4. The van der Waals surface area contributed by atoms with E-state index in [9.17, 15) is 9.59 Å². The lowest BCUT2D eigenvalue weighted by Crippen LogP contribution is -2.27. The number of Topliss-reactive ketones (excluding diaryl/α,β-unsaturated/α-hetero) is 1. The van der Waals surface area contributed by atoms with E-state index in [1.807, 2.05) is 63.2 Å².